The minimum Gasteiger partial charge on any atom is -0.330 e. The molecule has 1 aliphatic heterocycles. The van der Waals surface area contributed by atoms with Gasteiger partial charge in [0, 0.05) is 44.0 Å². The van der Waals surface area contributed by atoms with Crippen molar-refractivity contribution in [3.05, 3.63) is 65.5 Å². The molecule has 1 aromatic heterocycles. The van der Waals surface area contributed by atoms with Gasteiger partial charge in [-0.1, -0.05) is 30.3 Å². The highest BCUT2D eigenvalue weighted by Gasteiger charge is 2.20. The average molecular weight is 267 g/mol. The number of aromatic nitrogens is 1. The average Bonchev–Trinajstić information content (AvgIpc) is 2.53. The lowest BCUT2D eigenvalue weighted by atomic mass is 9.97. The third kappa shape index (κ3) is 2.89. The fraction of sp³-hybridized carbons (Fsp3) is 0.353. The lowest BCUT2D eigenvalue weighted by Crippen LogP contribution is -2.36. The molecule has 0 fully saturated rings. The minimum absolute atomic E-state index is 0.321. The SMILES string of the molecule is NCC(CN1CCc2ccccc2C1)c1ccccn1. The fourth-order valence-electron chi connectivity index (χ4n) is 2.93. The van der Waals surface area contributed by atoms with Gasteiger partial charge in [-0.05, 0) is 29.7 Å². The Morgan fingerprint density at radius 1 is 1.10 bits per heavy atom. The molecule has 0 amide bonds. The van der Waals surface area contributed by atoms with E-state index >= 15 is 0 Å². The summed E-state index contributed by atoms with van der Waals surface area (Å²) in [5.41, 5.74) is 10.0. The maximum Gasteiger partial charge on any atom is 0.0459 e. The predicted molar refractivity (Wildman–Crippen MR) is 81.5 cm³/mol. The number of hydrogen-bond acceptors (Lipinski definition) is 3. The van der Waals surface area contributed by atoms with Gasteiger partial charge in [0.25, 0.3) is 0 Å². The van der Waals surface area contributed by atoms with Crippen molar-refractivity contribution in [3.63, 3.8) is 0 Å². The first-order valence-electron chi connectivity index (χ1n) is 7.27. The number of rotatable bonds is 4. The Hall–Kier alpha value is -1.71. The van der Waals surface area contributed by atoms with Crippen LogP contribution in [0.2, 0.25) is 0 Å². The third-order valence-corrected chi connectivity index (χ3v) is 4.08. The van der Waals surface area contributed by atoms with Gasteiger partial charge in [-0.2, -0.15) is 0 Å². The second-order valence-electron chi connectivity index (χ2n) is 5.44. The molecule has 0 radical (unpaired) electrons. The van der Waals surface area contributed by atoms with E-state index in [9.17, 15) is 0 Å². The lowest BCUT2D eigenvalue weighted by Gasteiger charge is -2.31. The normalized spacial score (nSPS) is 16.6. The van der Waals surface area contributed by atoms with Crippen LogP contribution < -0.4 is 5.73 Å². The fourth-order valence-corrected chi connectivity index (χ4v) is 2.93. The van der Waals surface area contributed by atoms with Gasteiger partial charge in [-0.25, -0.2) is 0 Å². The minimum atomic E-state index is 0.321. The van der Waals surface area contributed by atoms with E-state index < -0.39 is 0 Å². The molecule has 2 heterocycles. The van der Waals surface area contributed by atoms with Crippen molar-refractivity contribution in [2.45, 2.75) is 18.9 Å². The van der Waals surface area contributed by atoms with Crippen molar-refractivity contribution in [1.82, 2.24) is 9.88 Å². The molecule has 2 N–H and O–H groups in total. The van der Waals surface area contributed by atoms with E-state index in [-0.39, 0.29) is 0 Å². The Kier molecular flexibility index (Phi) is 4.09. The van der Waals surface area contributed by atoms with Gasteiger partial charge in [0.15, 0.2) is 0 Å². The van der Waals surface area contributed by atoms with Crippen LogP contribution in [0.4, 0.5) is 0 Å². The quantitative estimate of drug-likeness (QED) is 0.923. The molecule has 1 aliphatic rings. The van der Waals surface area contributed by atoms with E-state index in [0.717, 1.165) is 31.7 Å². The Balaban J connectivity index is 1.69. The van der Waals surface area contributed by atoms with Gasteiger partial charge < -0.3 is 5.73 Å². The zero-order valence-corrected chi connectivity index (χ0v) is 11.7. The Bertz CT molecular complexity index is 553. The number of pyridine rings is 1. The number of hydrogen-bond donors (Lipinski definition) is 1. The van der Waals surface area contributed by atoms with Crippen molar-refractivity contribution in [1.29, 1.82) is 0 Å². The maximum absolute atomic E-state index is 5.95. The van der Waals surface area contributed by atoms with E-state index in [4.69, 9.17) is 5.73 Å². The maximum atomic E-state index is 5.95. The highest BCUT2D eigenvalue weighted by Crippen LogP contribution is 2.21. The zero-order chi connectivity index (χ0) is 13.8. The topological polar surface area (TPSA) is 42.1 Å². The van der Waals surface area contributed by atoms with Gasteiger partial charge in [-0.15, -0.1) is 0 Å². The van der Waals surface area contributed by atoms with Gasteiger partial charge in [-0.3, -0.25) is 9.88 Å². The van der Waals surface area contributed by atoms with Crippen molar-refractivity contribution in [2.24, 2.45) is 5.73 Å². The van der Waals surface area contributed by atoms with Crippen LogP contribution in [0.25, 0.3) is 0 Å². The number of nitrogens with zero attached hydrogens (tertiary/aromatic N) is 2. The second kappa shape index (κ2) is 6.16. The summed E-state index contributed by atoms with van der Waals surface area (Å²) in [5, 5.41) is 0. The summed E-state index contributed by atoms with van der Waals surface area (Å²) >= 11 is 0. The van der Waals surface area contributed by atoms with Crippen molar-refractivity contribution < 1.29 is 0 Å². The molecule has 104 valence electrons. The third-order valence-electron chi connectivity index (χ3n) is 4.08. The summed E-state index contributed by atoms with van der Waals surface area (Å²) in [5.74, 6) is 0.321. The van der Waals surface area contributed by atoms with Crippen LogP contribution in [0.15, 0.2) is 48.7 Å². The number of fused-ring (bicyclic) bond motifs is 1. The molecule has 3 rings (SSSR count). The first kappa shape index (κ1) is 13.3. The van der Waals surface area contributed by atoms with Crippen LogP contribution >= 0.6 is 0 Å². The van der Waals surface area contributed by atoms with E-state index in [1.165, 1.54) is 11.1 Å². The monoisotopic (exact) mass is 267 g/mol. The van der Waals surface area contributed by atoms with Crippen molar-refractivity contribution in [2.75, 3.05) is 19.6 Å². The van der Waals surface area contributed by atoms with Gasteiger partial charge in [0.2, 0.25) is 0 Å². The van der Waals surface area contributed by atoms with Gasteiger partial charge in [0.05, 0.1) is 0 Å². The molecule has 1 aromatic carbocycles. The lowest BCUT2D eigenvalue weighted by molar-refractivity contribution is 0.237. The highest BCUT2D eigenvalue weighted by molar-refractivity contribution is 5.29. The molecule has 20 heavy (non-hydrogen) atoms. The predicted octanol–water partition coefficient (Wildman–Crippen LogP) is 2.18. The number of benzene rings is 1. The van der Waals surface area contributed by atoms with Crippen molar-refractivity contribution in [3.8, 4) is 0 Å². The Morgan fingerprint density at radius 2 is 1.90 bits per heavy atom. The van der Waals surface area contributed by atoms with Crippen LogP contribution in [-0.4, -0.2) is 29.5 Å². The largest absolute Gasteiger partial charge is 0.330 e. The first-order valence-corrected chi connectivity index (χ1v) is 7.27. The van der Waals surface area contributed by atoms with Crippen LogP contribution in [-0.2, 0) is 13.0 Å². The molecule has 3 heteroatoms. The molecule has 0 saturated carbocycles. The van der Waals surface area contributed by atoms with E-state index in [2.05, 4.69) is 40.2 Å². The van der Waals surface area contributed by atoms with E-state index in [1.54, 1.807) is 0 Å². The van der Waals surface area contributed by atoms with Crippen LogP contribution in [0.5, 0.6) is 0 Å². The molecule has 3 nitrogen and oxygen atoms in total. The Morgan fingerprint density at radius 3 is 2.65 bits per heavy atom. The number of nitrogens with two attached hydrogens (primary N) is 1. The molecular weight excluding hydrogens is 246 g/mol. The Labute approximate surface area is 120 Å². The first-order chi connectivity index (χ1) is 9.86. The zero-order valence-electron chi connectivity index (χ0n) is 11.7. The molecule has 0 spiro atoms. The molecule has 0 saturated heterocycles. The van der Waals surface area contributed by atoms with E-state index in [1.807, 2.05) is 18.3 Å². The standard InChI is InChI=1S/C17H21N3/c18-11-16(17-7-3-4-9-19-17)13-20-10-8-14-5-1-2-6-15(14)12-20/h1-7,9,16H,8,10-13,18H2. The van der Waals surface area contributed by atoms with Crippen molar-refractivity contribution >= 4 is 0 Å². The van der Waals surface area contributed by atoms with Crippen LogP contribution in [0.3, 0.4) is 0 Å². The summed E-state index contributed by atoms with van der Waals surface area (Å²) in [6, 6.07) is 14.8. The van der Waals surface area contributed by atoms with Crippen LogP contribution in [0, 0.1) is 0 Å². The van der Waals surface area contributed by atoms with Gasteiger partial charge in [0.1, 0.15) is 0 Å². The molecule has 0 aliphatic carbocycles. The second-order valence-corrected chi connectivity index (χ2v) is 5.44. The van der Waals surface area contributed by atoms with Gasteiger partial charge >= 0.3 is 0 Å². The summed E-state index contributed by atoms with van der Waals surface area (Å²) in [7, 11) is 0. The van der Waals surface area contributed by atoms with E-state index in [0.29, 0.717) is 12.5 Å². The summed E-state index contributed by atoms with van der Waals surface area (Å²) in [4.78, 5) is 6.95. The summed E-state index contributed by atoms with van der Waals surface area (Å²) < 4.78 is 0. The molecule has 0 bridgehead atoms. The van der Waals surface area contributed by atoms with Crippen LogP contribution in [0.1, 0.15) is 22.7 Å². The molecule has 1 unspecified atom stereocenters. The summed E-state index contributed by atoms with van der Waals surface area (Å²) in [6.07, 6.45) is 2.99. The summed E-state index contributed by atoms with van der Waals surface area (Å²) in [6.45, 7) is 3.77. The smallest absolute Gasteiger partial charge is 0.0459 e. The molecule has 2 aromatic rings. The molecular formula is C17H21N3. The highest BCUT2D eigenvalue weighted by atomic mass is 15.1. The molecule has 1 atom stereocenters.